The monoisotopic (exact) mass is 579 g/mol. The van der Waals surface area contributed by atoms with E-state index in [1.165, 1.54) is 21.1 Å². The number of imidazole rings is 1. The first-order valence-electron chi connectivity index (χ1n) is 12.6. The molecule has 2 aliphatic rings. The molecule has 2 aromatic heterocycles. The third-order valence-corrected chi connectivity index (χ3v) is 9.66. The van der Waals surface area contributed by atoms with Gasteiger partial charge in [-0.15, -0.1) is 0 Å². The van der Waals surface area contributed by atoms with Gasteiger partial charge in [-0.2, -0.15) is 14.3 Å². The summed E-state index contributed by atoms with van der Waals surface area (Å²) in [6.07, 6.45) is 5.33. The van der Waals surface area contributed by atoms with Crippen molar-refractivity contribution in [3.05, 3.63) is 24.5 Å². The van der Waals surface area contributed by atoms with Crippen LogP contribution in [0.3, 0.4) is 0 Å². The topological polar surface area (TPSA) is 166 Å². The largest absolute Gasteiger partial charge is 0.494 e. The Kier molecular flexibility index (Phi) is 7.54. The van der Waals surface area contributed by atoms with Crippen LogP contribution in [0.2, 0.25) is 0 Å². The standard InChI is InChI=1S/C23H33N9O5S2/c1-37-19-14-17(30-10-12-32(13-11-30)39(3,35)36)4-5-18(19)27-23-28-21-20(24-15-25-21)22(29-23)26-16-6-8-31(9-7-16)38(2,33)34/h4-5,14-16H,6-13H2,1-3H3,(H3,24,25,26,27,28,29). The molecule has 2 saturated heterocycles. The van der Waals surface area contributed by atoms with Gasteiger partial charge in [-0.3, -0.25) is 0 Å². The minimum absolute atomic E-state index is 0.0502. The minimum Gasteiger partial charge on any atom is -0.494 e. The van der Waals surface area contributed by atoms with Crippen molar-refractivity contribution in [2.24, 2.45) is 0 Å². The lowest BCUT2D eigenvalue weighted by Crippen LogP contribution is -2.48. The number of fused-ring (bicyclic) bond motifs is 1. The minimum atomic E-state index is -3.20. The van der Waals surface area contributed by atoms with Crippen molar-refractivity contribution < 1.29 is 21.6 Å². The highest BCUT2D eigenvalue weighted by Gasteiger charge is 2.26. The normalized spacial score (nSPS) is 18.4. The first kappa shape index (κ1) is 27.4. The highest BCUT2D eigenvalue weighted by Crippen LogP contribution is 2.33. The number of hydrogen-bond donors (Lipinski definition) is 3. The molecule has 3 N–H and O–H groups in total. The number of benzene rings is 1. The van der Waals surface area contributed by atoms with Crippen molar-refractivity contribution in [1.82, 2.24) is 28.5 Å². The van der Waals surface area contributed by atoms with E-state index in [2.05, 4.69) is 35.5 Å². The smallest absolute Gasteiger partial charge is 0.231 e. The Labute approximate surface area is 227 Å². The Bertz CT molecular complexity index is 1550. The van der Waals surface area contributed by atoms with Crippen LogP contribution in [-0.4, -0.2) is 110 Å². The van der Waals surface area contributed by atoms with E-state index in [4.69, 9.17) is 4.74 Å². The second-order valence-corrected chi connectivity index (χ2v) is 13.7. The summed E-state index contributed by atoms with van der Waals surface area (Å²) in [6, 6.07) is 5.78. The number of aromatic nitrogens is 4. The number of methoxy groups -OCH3 is 1. The Morgan fingerprint density at radius 2 is 1.62 bits per heavy atom. The second-order valence-electron chi connectivity index (χ2n) is 9.74. The Balaban J connectivity index is 1.32. The zero-order valence-electron chi connectivity index (χ0n) is 22.1. The number of anilines is 4. The molecule has 5 rings (SSSR count). The van der Waals surface area contributed by atoms with Gasteiger partial charge in [0.25, 0.3) is 0 Å². The summed E-state index contributed by atoms with van der Waals surface area (Å²) >= 11 is 0. The zero-order chi connectivity index (χ0) is 27.8. The predicted octanol–water partition coefficient (Wildman–Crippen LogP) is 1.02. The number of aromatic amines is 1. The fourth-order valence-electron chi connectivity index (χ4n) is 4.90. The molecule has 212 valence electrons. The Hall–Kier alpha value is -3.21. The molecule has 0 radical (unpaired) electrons. The van der Waals surface area contributed by atoms with Crippen LogP contribution in [0.1, 0.15) is 12.8 Å². The number of ether oxygens (including phenoxy) is 1. The quantitative estimate of drug-likeness (QED) is 0.349. The summed E-state index contributed by atoms with van der Waals surface area (Å²) in [5, 5.41) is 6.67. The molecule has 0 atom stereocenters. The third-order valence-electron chi connectivity index (χ3n) is 7.05. The number of nitrogens with one attached hydrogen (secondary N) is 3. The van der Waals surface area contributed by atoms with Gasteiger partial charge >= 0.3 is 0 Å². The number of H-pyrrole nitrogens is 1. The maximum absolute atomic E-state index is 11.8. The van der Waals surface area contributed by atoms with E-state index in [1.807, 2.05) is 18.2 Å². The van der Waals surface area contributed by atoms with Crippen molar-refractivity contribution in [1.29, 1.82) is 0 Å². The Morgan fingerprint density at radius 3 is 2.26 bits per heavy atom. The van der Waals surface area contributed by atoms with Gasteiger partial charge in [0.1, 0.15) is 11.3 Å². The maximum Gasteiger partial charge on any atom is 0.231 e. The van der Waals surface area contributed by atoms with Crippen molar-refractivity contribution in [3.63, 3.8) is 0 Å². The van der Waals surface area contributed by atoms with Gasteiger partial charge < -0.3 is 25.3 Å². The molecule has 0 aliphatic carbocycles. The molecule has 0 unspecified atom stereocenters. The van der Waals surface area contributed by atoms with Crippen LogP contribution in [0.25, 0.3) is 11.2 Å². The van der Waals surface area contributed by atoms with Crippen LogP contribution in [0.4, 0.5) is 23.1 Å². The molecule has 2 fully saturated rings. The molecule has 39 heavy (non-hydrogen) atoms. The molecule has 4 heterocycles. The van der Waals surface area contributed by atoms with Gasteiger partial charge in [0.15, 0.2) is 11.5 Å². The molecule has 0 amide bonds. The fraction of sp³-hybridized carbons (Fsp3) is 0.522. The predicted molar refractivity (Wildman–Crippen MR) is 150 cm³/mol. The summed E-state index contributed by atoms with van der Waals surface area (Å²) in [5.41, 5.74) is 2.75. The first-order chi connectivity index (χ1) is 18.5. The summed E-state index contributed by atoms with van der Waals surface area (Å²) in [5.74, 6) is 1.50. The maximum atomic E-state index is 11.8. The van der Waals surface area contributed by atoms with E-state index in [1.54, 1.807) is 13.4 Å². The number of sulfonamides is 2. The van der Waals surface area contributed by atoms with Gasteiger partial charge in [0.05, 0.1) is 31.6 Å². The number of rotatable bonds is 8. The van der Waals surface area contributed by atoms with Crippen molar-refractivity contribution in [2.45, 2.75) is 18.9 Å². The van der Waals surface area contributed by atoms with Gasteiger partial charge in [-0.25, -0.2) is 26.1 Å². The lowest BCUT2D eigenvalue weighted by atomic mass is 10.1. The lowest BCUT2D eigenvalue weighted by Gasteiger charge is -2.35. The molecule has 14 nitrogen and oxygen atoms in total. The number of hydrogen-bond acceptors (Lipinski definition) is 11. The molecule has 1 aromatic carbocycles. The summed E-state index contributed by atoms with van der Waals surface area (Å²) in [6.45, 7) is 2.93. The van der Waals surface area contributed by atoms with E-state index < -0.39 is 20.0 Å². The SMILES string of the molecule is COc1cc(N2CCN(S(C)(=O)=O)CC2)ccc1Nc1nc(NC2CCN(S(C)(=O)=O)CC2)c2[nH]cnc2n1. The van der Waals surface area contributed by atoms with Gasteiger partial charge in [0.2, 0.25) is 26.0 Å². The van der Waals surface area contributed by atoms with E-state index in [9.17, 15) is 16.8 Å². The average Bonchev–Trinajstić information content (AvgIpc) is 3.37. The molecule has 2 aliphatic heterocycles. The number of piperidine rings is 1. The van der Waals surface area contributed by atoms with Gasteiger partial charge in [0, 0.05) is 57.1 Å². The van der Waals surface area contributed by atoms with Crippen LogP contribution in [0, 0.1) is 0 Å². The zero-order valence-corrected chi connectivity index (χ0v) is 23.7. The molecular weight excluding hydrogens is 546 g/mol. The highest BCUT2D eigenvalue weighted by atomic mass is 32.2. The van der Waals surface area contributed by atoms with Gasteiger partial charge in [-0.05, 0) is 25.0 Å². The van der Waals surface area contributed by atoms with Crippen LogP contribution in [0.15, 0.2) is 24.5 Å². The van der Waals surface area contributed by atoms with Crippen LogP contribution in [0.5, 0.6) is 5.75 Å². The fourth-order valence-corrected chi connectivity index (χ4v) is 6.60. The van der Waals surface area contributed by atoms with E-state index in [0.29, 0.717) is 86.5 Å². The number of nitrogens with zero attached hydrogens (tertiary/aromatic N) is 6. The summed E-state index contributed by atoms with van der Waals surface area (Å²) in [7, 11) is -4.82. The van der Waals surface area contributed by atoms with E-state index in [-0.39, 0.29) is 6.04 Å². The summed E-state index contributed by atoms with van der Waals surface area (Å²) in [4.78, 5) is 18.7. The van der Waals surface area contributed by atoms with E-state index in [0.717, 1.165) is 5.69 Å². The molecule has 0 bridgehead atoms. The second kappa shape index (κ2) is 10.7. The van der Waals surface area contributed by atoms with Crippen molar-refractivity contribution in [2.75, 3.05) is 74.4 Å². The van der Waals surface area contributed by atoms with Crippen LogP contribution < -0.4 is 20.3 Å². The highest BCUT2D eigenvalue weighted by molar-refractivity contribution is 7.88. The molecule has 0 saturated carbocycles. The van der Waals surface area contributed by atoms with Crippen molar-refractivity contribution >= 4 is 54.4 Å². The molecule has 0 spiro atoms. The molecular formula is C23H33N9O5S2. The molecule has 3 aromatic rings. The first-order valence-corrected chi connectivity index (χ1v) is 16.3. The average molecular weight is 580 g/mol. The number of piperazine rings is 1. The lowest BCUT2D eigenvalue weighted by molar-refractivity contribution is 0.331. The van der Waals surface area contributed by atoms with Gasteiger partial charge in [-0.1, -0.05) is 0 Å². The van der Waals surface area contributed by atoms with E-state index >= 15 is 0 Å². The molecule has 16 heteroatoms. The summed E-state index contributed by atoms with van der Waals surface area (Å²) < 4.78 is 56.0. The van der Waals surface area contributed by atoms with Crippen LogP contribution in [-0.2, 0) is 20.0 Å². The third kappa shape index (κ3) is 6.18. The van der Waals surface area contributed by atoms with Crippen LogP contribution >= 0.6 is 0 Å². The Morgan fingerprint density at radius 1 is 0.949 bits per heavy atom. The van der Waals surface area contributed by atoms with Crippen molar-refractivity contribution in [3.8, 4) is 5.75 Å².